The fourth-order valence-corrected chi connectivity index (χ4v) is 3.01. The molecule has 2 aromatic heterocycles. The molecule has 0 saturated carbocycles. The number of hydrogen-bond acceptors (Lipinski definition) is 5. The van der Waals surface area contributed by atoms with Gasteiger partial charge in [0.1, 0.15) is 6.26 Å². The fourth-order valence-electron chi connectivity index (χ4n) is 3.01. The molecule has 0 radical (unpaired) electrons. The third-order valence-electron chi connectivity index (χ3n) is 4.51. The van der Waals surface area contributed by atoms with Crippen molar-refractivity contribution in [3.8, 4) is 0 Å². The lowest BCUT2D eigenvalue weighted by Gasteiger charge is -2.34. The summed E-state index contributed by atoms with van der Waals surface area (Å²) in [5.74, 6) is -0.168. The highest BCUT2D eigenvalue weighted by Gasteiger charge is 2.24. The van der Waals surface area contributed by atoms with Crippen LogP contribution < -0.4 is 0 Å². The molecule has 0 aliphatic carbocycles. The maximum Gasteiger partial charge on any atom is 0.257 e. The SMILES string of the molecule is O=C(/C=C/c1cnc2ccccc2n1)N1CCN(C(=O)c2ccoc2)CC1. The lowest BCUT2D eigenvalue weighted by atomic mass is 10.2. The first kappa shape index (κ1) is 17.0. The summed E-state index contributed by atoms with van der Waals surface area (Å²) in [4.78, 5) is 37.0. The lowest BCUT2D eigenvalue weighted by Crippen LogP contribution is -2.50. The van der Waals surface area contributed by atoms with E-state index in [0.29, 0.717) is 37.4 Å². The Morgan fingerprint density at radius 1 is 1.00 bits per heavy atom. The number of carbonyl (C=O) groups excluding carboxylic acids is 2. The molecule has 1 fully saturated rings. The van der Waals surface area contributed by atoms with Gasteiger partial charge in [-0.15, -0.1) is 0 Å². The van der Waals surface area contributed by atoms with Crippen molar-refractivity contribution in [2.75, 3.05) is 26.2 Å². The Labute approximate surface area is 155 Å². The van der Waals surface area contributed by atoms with E-state index in [2.05, 4.69) is 9.97 Å². The molecule has 2 amide bonds. The number of para-hydroxylation sites is 2. The third-order valence-corrected chi connectivity index (χ3v) is 4.51. The predicted molar refractivity (Wildman–Crippen MR) is 99.8 cm³/mol. The molecule has 1 aromatic carbocycles. The van der Waals surface area contributed by atoms with Crippen LogP contribution in [0.4, 0.5) is 0 Å². The predicted octanol–water partition coefficient (Wildman–Crippen LogP) is 2.22. The molecule has 0 bridgehead atoms. The number of piperazine rings is 1. The van der Waals surface area contributed by atoms with Crippen LogP contribution in [0.1, 0.15) is 16.1 Å². The molecular formula is C20H18N4O3. The zero-order valence-electron chi connectivity index (χ0n) is 14.6. The summed E-state index contributed by atoms with van der Waals surface area (Å²) >= 11 is 0. The van der Waals surface area contributed by atoms with E-state index < -0.39 is 0 Å². The Morgan fingerprint density at radius 3 is 2.48 bits per heavy atom. The van der Waals surface area contributed by atoms with Crippen LogP contribution in [0.5, 0.6) is 0 Å². The van der Waals surface area contributed by atoms with Gasteiger partial charge >= 0.3 is 0 Å². The van der Waals surface area contributed by atoms with Gasteiger partial charge in [-0.05, 0) is 24.3 Å². The van der Waals surface area contributed by atoms with Crippen LogP contribution in [-0.4, -0.2) is 57.8 Å². The highest BCUT2D eigenvalue weighted by Crippen LogP contribution is 2.11. The average Bonchev–Trinajstić information content (AvgIpc) is 3.26. The van der Waals surface area contributed by atoms with Crippen LogP contribution in [0.15, 0.2) is 59.5 Å². The molecule has 0 N–H and O–H groups in total. The van der Waals surface area contributed by atoms with E-state index in [9.17, 15) is 9.59 Å². The van der Waals surface area contributed by atoms with E-state index >= 15 is 0 Å². The second-order valence-corrected chi connectivity index (χ2v) is 6.25. The Balaban J connectivity index is 1.36. The van der Waals surface area contributed by atoms with Crippen molar-refractivity contribution in [3.63, 3.8) is 0 Å². The van der Waals surface area contributed by atoms with Crippen molar-refractivity contribution in [1.29, 1.82) is 0 Å². The molecule has 3 aromatic rings. The summed E-state index contributed by atoms with van der Waals surface area (Å²) in [7, 11) is 0. The fraction of sp³-hybridized carbons (Fsp3) is 0.200. The van der Waals surface area contributed by atoms with Gasteiger partial charge in [0, 0.05) is 32.3 Å². The van der Waals surface area contributed by atoms with Crippen LogP contribution in [0, 0.1) is 0 Å². The molecule has 1 aliphatic heterocycles. The topological polar surface area (TPSA) is 79.5 Å². The van der Waals surface area contributed by atoms with Gasteiger partial charge in [0.15, 0.2) is 0 Å². The molecular weight excluding hydrogens is 344 g/mol. The molecule has 7 nitrogen and oxygen atoms in total. The van der Waals surface area contributed by atoms with E-state index in [1.54, 1.807) is 28.1 Å². The highest BCUT2D eigenvalue weighted by atomic mass is 16.3. The van der Waals surface area contributed by atoms with E-state index in [0.717, 1.165) is 11.0 Å². The van der Waals surface area contributed by atoms with E-state index in [1.807, 2.05) is 24.3 Å². The Kier molecular flexibility index (Phi) is 4.65. The molecule has 4 rings (SSSR count). The van der Waals surface area contributed by atoms with Gasteiger partial charge in [-0.3, -0.25) is 14.6 Å². The average molecular weight is 362 g/mol. The Hall–Kier alpha value is -3.48. The molecule has 27 heavy (non-hydrogen) atoms. The number of carbonyl (C=O) groups is 2. The number of nitrogens with zero attached hydrogens (tertiary/aromatic N) is 4. The lowest BCUT2D eigenvalue weighted by molar-refractivity contribution is -0.127. The number of benzene rings is 1. The number of furan rings is 1. The van der Waals surface area contributed by atoms with E-state index in [1.165, 1.54) is 18.6 Å². The first-order valence-corrected chi connectivity index (χ1v) is 8.71. The summed E-state index contributed by atoms with van der Waals surface area (Å²) in [5.41, 5.74) is 2.78. The van der Waals surface area contributed by atoms with Crippen molar-refractivity contribution >= 4 is 28.9 Å². The van der Waals surface area contributed by atoms with Gasteiger partial charge in [-0.2, -0.15) is 0 Å². The summed E-state index contributed by atoms with van der Waals surface area (Å²) in [6.07, 6.45) is 7.74. The standard InChI is InChI=1S/C20H18N4O3/c25-19(6-5-16-13-21-17-3-1-2-4-18(17)22-16)23-8-10-24(11-9-23)20(26)15-7-12-27-14-15/h1-7,12-14H,8-11H2/b6-5+. The van der Waals surface area contributed by atoms with Crippen LogP contribution in [0.3, 0.4) is 0 Å². The largest absolute Gasteiger partial charge is 0.472 e. The number of fused-ring (bicyclic) bond motifs is 1. The maximum atomic E-state index is 12.4. The smallest absolute Gasteiger partial charge is 0.257 e. The molecule has 0 unspecified atom stereocenters. The van der Waals surface area contributed by atoms with Gasteiger partial charge in [-0.1, -0.05) is 12.1 Å². The maximum absolute atomic E-state index is 12.4. The molecule has 136 valence electrons. The summed E-state index contributed by atoms with van der Waals surface area (Å²) in [5, 5.41) is 0. The Bertz CT molecular complexity index is 989. The van der Waals surface area contributed by atoms with Crippen molar-refractivity contribution in [3.05, 3.63) is 66.4 Å². The second kappa shape index (κ2) is 7.41. The van der Waals surface area contributed by atoms with Gasteiger partial charge in [-0.25, -0.2) is 4.98 Å². The molecule has 0 atom stereocenters. The second-order valence-electron chi connectivity index (χ2n) is 6.25. The number of hydrogen-bond donors (Lipinski definition) is 0. The van der Waals surface area contributed by atoms with Crippen molar-refractivity contribution in [2.45, 2.75) is 0 Å². The number of aromatic nitrogens is 2. The zero-order valence-corrected chi connectivity index (χ0v) is 14.6. The summed E-state index contributed by atoms with van der Waals surface area (Å²) in [6.45, 7) is 1.99. The van der Waals surface area contributed by atoms with E-state index in [4.69, 9.17) is 4.42 Å². The van der Waals surface area contributed by atoms with Crippen LogP contribution >= 0.6 is 0 Å². The molecule has 1 aliphatic rings. The van der Waals surface area contributed by atoms with Crippen molar-refractivity contribution < 1.29 is 14.0 Å². The summed E-state index contributed by atoms with van der Waals surface area (Å²) < 4.78 is 4.95. The monoisotopic (exact) mass is 362 g/mol. The van der Waals surface area contributed by atoms with Crippen molar-refractivity contribution in [2.24, 2.45) is 0 Å². The highest BCUT2D eigenvalue weighted by molar-refractivity contribution is 5.94. The molecule has 7 heteroatoms. The summed E-state index contributed by atoms with van der Waals surface area (Å²) in [6, 6.07) is 9.24. The molecule has 0 spiro atoms. The zero-order chi connectivity index (χ0) is 18.6. The van der Waals surface area contributed by atoms with E-state index in [-0.39, 0.29) is 11.8 Å². The van der Waals surface area contributed by atoms with Gasteiger partial charge in [0.25, 0.3) is 5.91 Å². The van der Waals surface area contributed by atoms with Crippen LogP contribution in [0.25, 0.3) is 17.1 Å². The van der Waals surface area contributed by atoms with Crippen LogP contribution in [-0.2, 0) is 4.79 Å². The Morgan fingerprint density at radius 2 is 1.74 bits per heavy atom. The quantitative estimate of drug-likeness (QED) is 0.668. The van der Waals surface area contributed by atoms with Crippen molar-refractivity contribution in [1.82, 2.24) is 19.8 Å². The van der Waals surface area contributed by atoms with Gasteiger partial charge in [0.05, 0.1) is 34.8 Å². The third kappa shape index (κ3) is 3.72. The normalized spacial score (nSPS) is 14.8. The van der Waals surface area contributed by atoms with Gasteiger partial charge in [0.2, 0.25) is 5.91 Å². The van der Waals surface area contributed by atoms with Gasteiger partial charge < -0.3 is 14.2 Å². The minimum atomic E-state index is -0.0969. The minimum Gasteiger partial charge on any atom is -0.472 e. The first-order chi connectivity index (χ1) is 13.2. The first-order valence-electron chi connectivity index (χ1n) is 8.71. The number of rotatable bonds is 3. The number of amides is 2. The minimum absolute atomic E-state index is 0.0715. The van der Waals surface area contributed by atoms with Crippen LogP contribution in [0.2, 0.25) is 0 Å². The molecule has 3 heterocycles. The molecule has 1 saturated heterocycles.